The fourth-order valence-electron chi connectivity index (χ4n) is 2.87. The Labute approximate surface area is 101 Å². The third kappa shape index (κ3) is 2.78. The lowest BCUT2D eigenvalue weighted by molar-refractivity contribution is 0.158. The molecule has 0 amide bonds. The van der Waals surface area contributed by atoms with Crippen molar-refractivity contribution in [3.05, 3.63) is 0 Å². The van der Waals surface area contributed by atoms with Crippen LogP contribution in [0.15, 0.2) is 0 Å². The highest BCUT2D eigenvalue weighted by Crippen LogP contribution is 2.51. The minimum absolute atomic E-state index is 0.636. The van der Waals surface area contributed by atoms with E-state index in [0.29, 0.717) is 5.41 Å². The van der Waals surface area contributed by atoms with Crippen LogP contribution < -0.4 is 5.32 Å². The highest BCUT2D eigenvalue weighted by molar-refractivity contribution is 4.97. The average molecular weight is 224 g/mol. The molecular weight excluding hydrogens is 196 g/mol. The maximum absolute atomic E-state index is 3.67. The molecular formula is C14H28N2. The Morgan fingerprint density at radius 3 is 2.69 bits per heavy atom. The van der Waals surface area contributed by atoms with Crippen LogP contribution in [-0.2, 0) is 0 Å². The van der Waals surface area contributed by atoms with E-state index in [2.05, 4.69) is 37.9 Å². The molecule has 0 aromatic heterocycles. The molecule has 1 saturated carbocycles. The molecule has 1 aliphatic carbocycles. The van der Waals surface area contributed by atoms with Crippen LogP contribution in [0, 0.1) is 17.3 Å². The van der Waals surface area contributed by atoms with E-state index in [4.69, 9.17) is 0 Å². The largest absolute Gasteiger partial charge is 0.311 e. The third-order valence-corrected chi connectivity index (χ3v) is 4.82. The van der Waals surface area contributed by atoms with Crippen molar-refractivity contribution in [2.45, 2.75) is 46.6 Å². The summed E-state index contributed by atoms with van der Waals surface area (Å²) >= 11 is 0. The Balaban J connectivity index is 1.78. The van der Waals surface area contributed by atoms with Gasteiger partial charge in [-0.05, 0) is 23.7 Å². The van der Waals surface area contributed by atoms with E-state index in [9.17, 15) is 0 Å². The van der Waals surface area contributed by atoms with E-state index in [1.807, 2.05) is 0 Å². The van der Waals surface area contributed by atoms with Crippen molar-refractivity contribution in [1.82, 2.24) is 10.2 Å². The Bertz CT molecular complexity index is 237. The molecule has 0 spiro atoms. The number of nitrogens with zero attached hydrogens (tertiary/aromatic N) is 1. The molecule has 2 heteroatoms. The van der Waals surface area contributed by atoms with Gasteiger partial charge >= 0.3 is 0 Å². The molecule has 0 aromatic carbocycles. The Kier molecular flexibility index (Phi) is 3.60. The van der Waals surface area contributed by atoms with E-state index in [1.54, 1.807) is 0 Å². The minimum atomic E-state index is 0.636. The topological polar surface area (TPSA) is 15.3 Å². The van der Waals surface area contributed by atoms with Gasteiger partial charge in [0.2, 0.25) is 0 Å². The second-order valence-electron chi connectivity index (χ2n) is 6.60. The molecule has 1 heterocycles. The van der Waals surface area contributed by atoms with Crippen LogP contribution in [0.5, 0.6) is 0 Å². The summed E-state index contributed by atoms with van der Waals surface area (Å²) in [6, 6.07) is 0.723. The van der Waals surface area contributed by atoms with E-state index in [-0.39, 0.29) is 0 Å². The molecule has 2 fully saturated rings. The molecule has 1 aliphatic heterocycles. The molecule has 2 aliphatic rings. The van der Waals surface area contributed by atoms with Gasteiger partial charge in [-0.25, -0.2) is 0 Å². The Morgan fingerprint density at radius 1 is 1.44 bits per heavy atom. The highest BCUT2D eigenvalue weighted by atomic mass is 15.2. The van der Waals surface area contributed by atoms with Crippen LogP contribution in [0.2, 0.25) is 0 Å². The van der Waals surface area contributed by atoms with Crippen molar-refractivity contribution in [2.75, 3.05) is 26.2 Å². The van der Waals surface area contributed by atoms with Gasteiger partial charge < -0.3 is 10.2 Å². The van der Waals surface area contributed by atoms with Crippen LogP contribution in [0.3, 0.4) is 0 Å². The molecule has 3 unspecified atom stereocenters. The fourth-order valence-corrected chi connectivity index (χ4v) is 2.87. The first-order valence-corrected chi connectivity index (χ1v) is 6.98. The zero-order valence-corrected chi connectivity index (χ0v) is 11.4. The molecule has 1 N–H and O–H groups in total. The summed E-state index contributed by atoms with van der Waals surface area (Å²) in [5.74, 6) is 1.78. The predicted molar refractivity (Wildman–Crippen MR) is 69.6 cm³/mol. The summed E-state index contributed by atoms with van der Waals surface area (Å²) in [7, 11) is 0. The first-order valence-electron chi connectivity index (χ1n) is 6.98. The maximum Gasteiger partial charge on any atom is 0.0221 e. The standard InChI is InChI=1S/C14H28N2/c1-5-11(2)13-10-16(7-6-15-13)9-12-8-14(12,3)4/h11-13,15H,5-10H2,1-4H3. The zero-order valence-electron chi connectivity index (χ0n) is 11.4. The second kappa shape index (κ2) is 4.66. The molecule has 2 rings (SSSR count). The van der Waals surface area contributed by atoms with E-state index >= 15 is 0 Å². The summed E-state index contributed by atoms with van der Waals surface area (Å²) in [6.07, 6.45) is 2.73. The van der Waals surface area contributed by atoms with Gasteiger partial charge in [0, 0.05) is 32.2 Å². The molecule has 0 radical (unpaired) electrons. The predicted octanol–water partition coefficient (Wildman–Crippen LogP) is 2.35. The number of hydrogen-bond acceptors (Lipinski definition) is 2. The van der Waals surface area contributed by atoms with Crippen molar-refractivity contribution in [1.29, 1.82) is 0 Å². The number of rotatable bonds is 4. The maximum atomic E-state index is 3.67. The van der Waals surface area contributed by atoms with E-state index in [1.165, 1.54) is 39.0 Å². The Morgan fingerprint density at radius 2 is 2.12 bits per heavy atom. The van der Waals surface area contributed by atoms with Crippen molar-refractivity contribution < 1.29 is 0 Å². The number of hydrogen-bond donors (Lipinski definition) is 1. The summed E-state index contributed by atoms with van der Waals surface area (Å²) in [6.45, 7) is 14.5. The highest BCUT2D eigenvalue weighted by Gasteiger charge is 2.46. The molecule has 0 aromatic rings. The van der Waals surface area contributed by atoms with Gasteiger partial charge in [-0.1, -0.05) is 34.1 Å². The van der Waals surface area contributed by atoms with Gasteiger partial charge in [-0.3, -0.25) is 0 Å². The van der Waals surface area contributed by atoms with E-state index < -0.39 is 0 Å². The lowest BCUT2D eigenvalue weighted by atomic mass is 9.97. The van der Waals surface area contributed by atoms with Crippen LogP contribution in [0.4, 0.5) is 0 Å². The van der Waals surface area contributed by atoms with Crippen molar-refractivity contribution >= 4 is 0 Å². The Hall–Kier alpha value is -0.0800. The molecule has 2 nitrogen and oxygen atoms in total. The van der Waals surface area contributed by atoms with Gasteiger partial charge in [0.05, 0.1) is 0 Å². The smallest absolute Gasteiger partial charge is 0.0221 e. The summed E-state index contributed by atoms with van der Waals surface area (Å²) in [5, 5.41) is 3.67. The van der Waals surface area contributed by atoms with Crippen LogP contribution in [-0.4, -0.2) is 37.1 Å². The molecule has 94 valence electrons. The minimum Gasteiger partial charge on any atom is -0.311 e. The first kappa shape index (κ1) is 12.4. The van der Waals surface area contributed by atoms with Crippen LogP contribution in [0.1, 0.15) is 40.5 Å². The van der Waals surface area contributed by atoms with Crippen LogP contribution in [0.25, 0.3) is 0 Å². The summed E-state index contributed by atoms with van der Waals surface area (Å²) < 4.78 is 0. The summed E-state index contributed by atoms with van der Waals surface area (Å²) in [4.78, 5) is 2.69. The number of piperazine rings is 1. The third-order valence-electron chi connectivity index (χ3n) is 4.82. The zero-order chi connectivity index (χ0) is 11.8. The lowest BCUT2D eigenvalue weighted by Crippen LogP contribution is -2.53. The normalized spacial score (nSPS) is 36.0. The van der Waals surface area contributed by atoms with Crippen molar-refractivity contribution in [2.24, 2.45) is 17.3 Å². The first-order chi connectivity index (χ1) is 7.53. The van der Waals surface area contributed by atoms with Crippen LogP contribution >= 0.6 is 0 Å². The van der Waals surface area contributed by atoms with Gasteiger partial charge in [-0.15, -0.1) is 0 Å². The lowest BCUT2D eigenvalue weighted by Gasteiger charge is -2.36. The van der Waals surface area contributed by atoms with Gasteiger partial charge in [-0.2, -0.15) is 0 Å². The SMILES string of the molecule is CCC(C)C1CN(CC2CC2(C)C)CCN1. The van der Waals surface area contributed by atoms with Gasteiger partial charge in [0.25, 0.3) is 0 Å². The van der Waals surface area contributed by atoms with Gasteiger partial charge in [0.1, 0.15) is 0 Å². The van der Waals surface area contributed by atoms with Gasteiger partial charge in [0.15, 0.2) is 0 Å². The molecule has 3 atom stereocenters. The van der Waals surface area contributed by atoms with Crippen molar-refractivity contribution in [3.8, 4) is 0 Å². The monoisotopic (exact) mass is 224 g/mol. The molecule has 1 saturated heterocycles. The fraction of sp³-hybridized carbons (Fsp3) is 1.00. The second-order valence-corrected chi connectivity index (χ2v) is 6.60. The molecule has 0 bridgehead atoms. The average Bonchev–Trinajstić information content (AvgIpc) is 2.85. The van der Waals surface area contributed by atoms with E-state index in [0.717, 1.165) is 17.9 Å². The molecule has 16 heavy (non-hydrogen) atoms. The number of nitrogens with one attached hydrogen (secondary N) is 1. The van der Waals surface area contributed by atoms with Crippen molar-refractivity contribution in [3.63, 3.8) is 0 Å². The summed E-state index contributed by atoms with van der Waals surface area (Å²) in [5.41, 5.74) is 0.636. The quantitative estimate of drug-likeness (QED) is 0.788.